The highest BCUT2D eigenvalue weighted by molar-refractivity contribution is 6.33. The maximum atomic E-state index is 12.9. The van der Waals surface area contributed by atoms with Crippen molar-refractivity contribution < 1.29 is 4.79 Å². The Morgan fingerprint density at radius 1 is 0.914 bits per heavy atom. The fourth-order valence-corrected chi connectivity index (χ4v) is 4.00. The van der Waals surface area contributed by atoms with Crippen LogP contribution in [0.5, 0.6) is 0 Å². The van der Waals surface area contributed by atoms with Gasteiger partial charge in [0.2, 0.25) is 5.82 Å². The fraction of sp³-hybridized carbons (Fsp3) is 0.259. The van der Waals surface area contributed by atoms with Crippen LogP contribution in [0, 0.1) is 0 Å². The number of pyridine rings is 1. The van der Waals surface area contributed by atoms with Crippen LogP contribution in [0.25, 0.3) is 33.4 Å². The van der Waals surface area contributed by atoms with Gasteiger partial charge in [0.15, 0.2) is 5.65 Å². The van der Waals surface area contributed by atoms with E-state index in [0.29, 0.717) is 32.6 Å². The molecule has 2 aromatic carbocycles. The molecule has 0 fully saturated rings. The normalized spacial score (nSPS) is 11.7. The number of nitrogens with zero attached hydrogens (tertiary/aromatic N) is 3. The molecule has 1 amide bonds. The van der Waals surface area contributed by atoms with Gasteiger partial charge in [-0.05, 0) is 64.4 Å². The van der Waals surface area contributed by atoms with Crippen LogP contribution in [0.1, 0.15) is 45.2 Å². The summed E-state index contributed by atoms with van der Waals surface area (Å²) in [6.45, 7) is 9.74. The first-order chi connectivity index (χ1) is 16.5. The summed E-state index contributed by atoms with van der Waals surface area (Å²) in [5, 5.41) is 8.18. The molecule has 0 spiro atoms. The Morgan fingerprint density at radius 3 is 2.23 bits per heavy atom. The topological polar surface area (TPSA) is 79.8 Å². The van der Waals surface area contributed by atoms with Gasteiger partial charge in [-0.2, -0.15) is 0 Å². The number of benzene rings is 2. The number of carbonyl (C=O) groups excluding carboxylic acids is 1. The van der Waals surface area contributed by atoms with Crippen molar-refractivity contribution in [1.29, 1.82) is 0 Å². The Kier molecular flexibility index (Phi) is 6.97. The van der Waals surface area contributed by atoms with Crippen molar-refractivity contribution in [2.75, 3.05) is 5.32 Å². The van der Waals surface area contributed by atoms with Crippen LogP contribution in [0.4, 0.5) is 5.82 Å². The third-order valence-electron chi connectivity index (χ3n) is 5.09. The molecule has 0 unspecified atom stereocenters. The molecule has 4 aromatic rings. The predicted molar refractivity (Wildman–Crippen MR) is 144 cm³/mol. The second-order valence-corrected chi connectivity index (χ2v) is 10.5. The molecule has 2 aromatic heterocycles. The van der Waals surface area contributed by atoms with Crippen molar-refractivity contribution >= 4 is 46.0 Å². The summed E-state index contributed by atoms with van der Waals surface area (Å²) in [5.41, 5.74) is 3.15. The minimum Gasteiger partial charge on any atom is -0.367 e. The average Bonchev–Trinajstić information content (AvgIpc) is 2.77. The third-order valence-corrected chi connectivity index (χ3v) is 5.67. The van der Waals surface area contributed by atoms with Crippen LogP contribution >= 0.6 is 23.2 Å². The lowest BCUT2D eigenvalue weighted by Gasteiger charge is -2.21. The standard InChI is InChI=1S/C27H27Cl2N5O/c1-15(2)30-23-20-14-19(16-10-12-17(28)13-11-16)22(18-8-6-7-9-21(18)29)31-24(20)33-25(32-23)26(35)34-27(3,4)5/h6-15H,1-5H3,(H,34,35)(H,30,31,32,33). The number of fused-ring (bicyclic) bond motifs is 1. The molecule has 6 nitrogen and oxygen atoms in total. The molecule has 0 aliphatic rings. The van der Waals surface area contributed by atoms with Gasteiger partial charge in [-0.3, -0.25) is 4.79 Å². The van der Waals surface area contributed by atoms with Crippen LogP contribution in [-0.2, 0) is 0 Å². The van der Waals surface area contributed by atoms with E-state index in [0.717, 1.165) is 16.7 Å². The van der Waals surface area contributed by atoms with Gasteiger partial charge in [-0.1, -0.05) is 53.5 Å². The molecule has 4 rings (SSSR count). The molecule has 0 atom stereocenters. The summed E-state index contributed by atoms with van der Waals surface area (Å²) in [5.74, 6) is 0.221. The Balaban J connectivity index is 2.02. The highest BCUT2D eigenvalue weighted by Crippen LogP contribution is 2.38. The van der Waals surface area contributed by atoms with Crippen molar-refractivity contribution in [2.24, 2.45) is 0 Å². The Hall–Kier alpha value is -3.22. The van der Waals surface area contributed by atoms with E-state index in [-0.39, 0.29) is 17.8 Å². The average molecular weight is 508 g/mol. The summed E-state index contributed by atoms with van der Waals surface area (Å²) in [6, 6.07) is 17.1. The first-order valence-corrected chi connectivity index (χ1v) is 12.1. The number of halogens is 2. The summed E-state index contributed by atoms with van der Waals surface area (Å²) in [4.78, 5) is 27.0. The van der Waals surface area contributed by atoms with E-state index in [4.69, 9.17) is 28.2 Å². The number of rotatable bonds is 5. The molecule has 0 aliphatic carbocycles. The lowest BCUT2D eigenvalue weighted by Crippen LogP contribution is -2.41. The number of amides is 1. The number of carbonyl (C=O) groups is 1. The van der Waals surface area contributed by atoms with E-state index in [1.54, 1.807) is 0 Å². The van der Waals surface area contributed by atoms with Gasteiger partial charge in [-0.25, -0.2) is 15.0 Å². The van der Waals surface area contributed by atoms with Crippen molar-refractivity contribution in [2.45, 2.75) is 46.2 Å². The zero-order valence-corrected chi connectivity index (χ0v) is 21.8. The minimum atomic E-state index is -0.435. The molecular formula is C27H27Cl2N5O. The van der Waals surface area contributed by atoms with Crippen LogP contribution in [0.15, 0.2) is 54.6 Å². The monoisotopic (exact) mass is 507 g/mol. The van der Waals surface area contributed by atoms with E-state index in [9.17, 15) is 4.79 Å². The number of aromatic nitrogens is 3. The van der Waals surface area contributed by atoms with E-state index < -0.39 is 5.54 Å². The van der Waals surface area contributed by atoms with Gasteiger partial charge < -0.3 is 10.6 Å². The molecule has 180 valence electrons. The first-order valence-electron chi connectivity index (χ1n) is 11.3. The van der Waals surface area contributed by atoms with E-state index in [1.807, 2.05) is 89.2 Å². The zero-order chi connectivity index (χ0) is 25.3. The maximum Gasteiger partial charge on any atom is 0.289 e. The molecule has 2 heterocycles. The third kappa shape index (κ3) is 5.72. The van der Waals surface area contributed by atoms with Gasteiger partial charge in [-0.15, -0.1) is 0 Å². The molecular weight excluding hydrogens is 481 g/mol. The largest absolute Gasteiger partial charge is 0.367 e. The Labute approximate surface area is 215 Å². The maximum absolute atomic E-state index is 12.9. The Bertz CT molecular complexity index is 1400. The molecule has 0 saturated carbocycles. The van der Waals surface area contributed by atoms with Crippen molar-refractivity contribution in [3.8, 4) is 22.4 Å². The van der Waals surface area contributed by atoms with Crippen LogP contribution in [0.2, 0.25) is 10.0 Å². The van der Waals surface area contributed by atoms with Gasteiger partial charge in [0.05, 0.1) is 11.1 Å². The second-order valence-electron chi connectivity index (χ2n) is 9.64. The van der Waals surface area contributed by atoms with E-state index >= 15 is 0 Å². The highest BCUT2D eigenvalue weighted by atomic mass is 35.5. The molecule has 35 heavy (non-hydrogen) atoms. The van der Waals surface area contributed by atoms with Crippen molar-refractivity contribution in [3.05, 3.63) is 70.5 Å². The summed E-state index contributed by atoms with van der Waals surface area (Å²) >= 11 is 12.7. The van der Waals surface area contributed by atoms with Gasteiger partial charge in [0.1, 0.15) is 5.82 Å². The van der Waals surface area contributed by atoms with Crippen LogP contribution in [-0.4, -0.2) is 32.4 Å². The van der Waals surface area contributed by atoms with Crippen LogP contribution < -0.4 is 10.6 Å². The van der Waals surface area contributed by atoms with Crippen LogP contribution in [0.3, 0.4) is 0 Å². The van der Waals surface area contributed by atoms with E-state index in [1.165, 1.54) is 0 Å². The summed E-state index contributed by atoms with van der Waals surface area (Å²) in [7, 11) is 0. The smallest absolute Gasteiger partial charge is 0.289 e. The van der Waals surface area contributed by atoms with Gasteiger partial charge in [0.25, 0.3) is 5.91 Å². The zero-order valence-electron chi connectivity index (χ0n) is 20.3. The van der Waals surface area contributed by atoms with Crippen molar-refractivity contribution in [3.63, 3.8) is 0 Å². The number of nitrogens with one attached hydrogen (secondary N) is 2. The van der Waals surface area contributed by atoms with Gasteiger partial charge in [0, 0.05) is 32.8 Å². The molecule has 8 heteroatoms. The van der Waals surface area contributed by atoms with Gasteiger partial charge >= 0.3 is 0 Å². The summed E-state index contributed by atoms with van der Waals surface area (Å²) < 4.78 is 0. The fourth-order valence-electron chi connectivity index (χ4n) is 3.64. The molecule has 0 radical (unpaired) electrons. The Morgan fingerprint density at radius 2 is 1.60 bits per heavy atom. The van der Waals surface area contributed by atoms with Crippen molar-refractivity contribution in [1.82, 2.24) is 20.3 Å². The molecule has 0 aliphatic heterocycles. The number of hydrogen-bond donors (Lipinski definition) is 2. The lowest BCUT2D eigenvalue weighted by atomic mass is 9.98. The summed E-state index contributed by atoms with van der Waals surface area (Å²) in [6.07, 6.45) is 0. The van der Waals surface area contributed by atoms with E-state index in [2.05, 4.69) is 20.6 Å². The quantitative estimate of drug-likeness (QED) is 0.303. The highest BCUT2D eigenvalue weighted by Gasteiger charge is 2.22. The first kappa shape index (κ1) is 24.9. The lowest BCUT2D eigenvalue weighted by molar-refractivity contribution is 0.0909. The number of hydrogen-bond acceptors (Lipinski definition) is 5. The number of anilines is 1. The minimum absolute atomic E-state index is 0.0485. The molecule has 2 N–H and O–H groups in total. The SMILES string of the molecule is CC(C)Nc1nc(C(=O)NC(C)(C)C)nc2nc(-c3ccccc3Cl)c(-c3ccc(Cl)cc3)cc12. The predicted octanol–water partition coefficient (Wildman–Crippen LogP) is 7.01. The molecule has 0 bridgehead atoms. The second kappa shape index (κ2) is 9.80. The molecule has 0 saturated heterocycles.